The molecule has 0 saturated carbocycles. The van der Waals surface area contributed by atoms with Gasteiger partial charge in [-0.3, -0.25) is 9.52 Å². The predicted octanol–water partition coefficient (Wildman–Crippen LogP) is 3.75. The van der Waals surface area contributed by atoms with E-state index in [0.717, 1.165) is 29.2 Å². The Bertz CT molecular complexity index is 937. The molecule has 0 heterocycles. The number of carbonyl (C=O) groups is 1. The summed E-state index contributed by atoms with van der Waals surface area (Å²) in [5, 5.41) is 3.41. The van der Waals surface area contributed by atoms with Crippen molar-refractivity contribution in [2.75, 3.05) is 4.72 Å². The highest BCUT2D eigenvalue weighted by Gasteiger charge is 2.30. The van der Waals surface area contributed by atoms with Crippen molar-refractivity contribution < 1.29 is 26.4 Å². The van der Waals surface area contributed by atoms with Gasteiger partial charge in [0.1, 0.15) is 0 Å². The first-order valence-corrected chi connectivity index (χ1v) is 9.31. The van der Waals surface area contributed by atoms with Gasteiger partial charge in [-0.05, 0) is 41.5 Å². The lowest BCUT2D eigenvalue weighted by Crippen LogP contribution is -2.18. The largest absolute Gasteiger partial charge is 0.416 e. The van der Waals surface area contributed by atoms with Crippen molar-refractivity contribution in [1.29, 1.82) is 0 Å². The summed E-state index contributed by atoms with van der Waals surface area (Å²) in [6.45, 7) is 1.71. The molecule has 27 heavy (non-hydrogen) atoms. The van der Waals surface area contributed by atoms with E-state index < -0.39 is 21.8 Å². The molecular formula is C18H17F3N2O3S. The van der Waals surface area contributed by atoms with Crippen molar-refractivity contribution in [2.24, 2.45) is 0 Å². The average molecular weight is 398 g/mol. The van der Waals surface area contributed by atoms with Gasteiger partial charge in [-0.2, -0.15) is 13.2 Å². The molecule has 0 fully saturated rings. The fourth-order valence-corrected chi connectivity index (χ4v) is 2.97. The maximum atomic E-state index is 12.7. The number of hydrogen-bond donors (Lipinski definition) is 2. The standard InChI is InChI=1S/C18H17F3N2O3S/c1-13(24)22-12-15-5-7-17(8-6-15)23-27(25,26)10-9-14-3-2-4-16(11-14)18(19,20)21/h2-11,23H,12H2,1H3,(H,22,24)/b10-9+. The van der Waals surface area contributed by atoms with Crippen LogP contribution in [0, 0.1) is 0 Å². The topological polar surface area (TPSA) is 75.3 Å². The summed E-state index contributed by atoms with van der Waals surface area (Å²) in [7, 11) is -3.90. The molecule has 0 atom stereocenters. The summed E-state index contributed by atoms with van der Waals surface area (Å²) in [4.78, 5) is 10.9. The fraction of sp³-hybridized carbons (Fsp3) is 0.167. The Balaban J connectivity index is 2.06. The normalized spacial score (nSPS) is 12.1. The van der Waals surface area contributed by atoms with Crippen LogP contribution in [0.5, 0.6) is 0 Å². The van der Waals surface area contributed by atoms with Crippen molar-refractivity contribution in [1.82, 2.24) is 5.32 Å². The average Bonchev–Trinajstić information content (AvgIpc) is 2.59. The van der Waals surface area contributed by atoms with Gasteiger partial charge < -0.3 is 5.32 Å². The van der Waals surface area contributed by atoms with Gasteiger partial charge in [0.2, 0.25) is 5.91 Å². The highest BCUT2D eigenvalue weighted by molar-refractivity contribution is 7.95. The number of alkyl halides is 3. The maximum Gasteiger partial charge on any atom is 0.416 e. The number of hydrogen-bond acceptors (Lipinski definition) is 3. The maximum absolute atomic E-state index is 12.7. The van der Waals surface area contributed by atoms with E-state index in [4.69, 9.17) is 0 Å². The molecule has 2 rings (SSSR count). The third-order valence-electron chi connectivity index (χ3n) is 3.41. The van der Waals surface area contributed by atoms with Crippen LogP contribution in [0.1, 0.15) is 23.6 Å². The predicted molar refractivity (Wildman–Crippen MR) is 97.0 cm³/mol. The molecular weight excluding hydrogens is 381 g/mol. The summed E-state index contributed by atoms with van der Waals surface area (Å²) in [6, 6.07) is 10.7. The van der Waals surface area contributed by atoms with E-state index in [1.807, 2.05) is 0 Å². The molecule has 2 aromatic rings. The first-order chi connectivity index (χ1) is 12.5. The van der Waals surface area contributed by atoms with E-state index in [0.29, 0.717) is 6.54 Å². The number of benzene rings is 2. The van der Waals surface area contributed by atoms with Crippen molar-refractivity contribution in [3.8, 4) is 0 Å². The van der Waals surface area contributed by atoms with Gasteiger partial charge in [0.05, 0.1) is 11.0 Å². The van der Waals surface area contributed by atoms with E-state index in [-0.39, 0.29) is 17.2 Å². The molecule has 144 valence electrons. The highest BCUT2D eigenvalue weighted by atomic mass is 32.2. The second kappa shape index (κ2) is 8.26. The lowest BCUT2D eigenvalue weighted by molar-refractivity contribution is -0.137. The minimum Gasteiger partial charge on any atom is -0.352 e. The zero-order chi connectivity index (χ0) is 20.1. The van der Waals surface area contributed by atoms with E-state index >= 15 is 0 Å². The number of rotatable bonds is 6. The van der Waals surface area contributed by atoms with Gasteiger partial charge in [-0.15, -0.1) is 0 Å². The van der Waals surface area contributed by atoms with Crippen molar-refractivity contribution in [2.45, 2.75) is 19.6 Å². The van der Waals surface area contributed by atoms with E-state index in [2.05, 4.69) is 10.0 Å². The number of carbonyl (C=O) groups excluding carboxylic acids is 1. The molecule has 0 aliphatic rings. The number of sulfonamides is 1. The zero-order valence-electron chi connectivity index (χ0n) is 14.2. The molecule has 2 N–H and O–H groups in total. The van der Waals surface area contributed by atoms with Gasteiger partial charge in [0.15, 0.2) is 0 Å². The molecule has 9 heteroatoms. The third-order valence-corrected chi connectivity index (χ3v) is 4.42. The Morgan fingerprint density at radius 2 is 1.78 bits per heavy atom. The van der Waals surface area contributed by atoms with Crippen molar-refractivity contribution >= 4 is 27.7 Å². The molecule has 0 saturated heterocycles. The van der Waals surface area contributed by atoms with Crippen LogP contribution in [-0.2, 0) is 27.5 Å². The molecule has 1 amide bonds. The first kappa shape index (κ1) is 20.5. The molecule has 0 aliphatic carbocycles. The van der Waals surface area contributed by atoms with Crippen LogP contribution in [0.4, 0.5) is 18.9 Å². The fourth-order valence-electron chi connectivity index (χ4n) is 2.10. The molecule has 0 spiro atoms. The van der Waals surface area contributed by atoms with Crippen LogP contribution in [0.3, 0.4) is 0 Å². The van der Waals surface area contributed by atoms with Crippen molar-refractivity contribution in [3.63, 3.8) is 0 Å². The van der Waals surface area contributed by atoms with E-state index in [1.165, 1.54) is 31.2 Å². The smallest absolute Gasteiger partial charge is 0.352 e. The number of nitrogens with one attached hydrogen (secondary N) is 2. The zero-order valence-corrected chi connectivity index (χ0v) is 15.1. The van der Waals surface area contributed by atoms with Crippen LogP contribution in [-0.4, -0.2) is 14.3 Å². The highest BCUT2D eigenvalue weighted by Crippen LogP contribution is 2.29. The second-order valence-electron chi connectivity index (χ2n) is 5.68. The van der Waals surface area contributed by atoms with Gasteiger partial charge in [-0.25, -0.2) is 8.42 Å². The molecule has 5 nitrogen and oxygen atoms in total. The summed E-state index contributed by atoms with van der Waals surface area (Å²) in [5.41, 5.74) is 0.327. The minimum atomic E-state index is -4.50. The number of amides is 1. The molecule has 0 radical (unpaired) electrons. The monoisotopic (exact) mass is 398 g/mol. The molecule has 0 aliphatic heterocycles. The third kappa shape index (κ3) is 6.78. The van der Waals surface area contributed by atoms with Crippen LogP contribution in [0.15, 0.2) is 53.9 Å². The van der Waals surface area contributed by atoms with Gasteiger partial charge >= 0.3 is 6.18 Å². The number of anilines is 1. The summed E-state index contributed by atoms with van der Waals surface area (Å²) in [6.07, 6.45) is -3.41. The quantitative estimate of drug-likeness (QED) is 0.778. The summed E-state index contributed by atoms with van der Waals surface area (Å²) < 4.78 is 64.5. The van der Waals surface area contributed by atoms with Gasteiger partial charge in [0.25, 0.3) is 10.0 Å². The van der Waals surface area contributed by atoms with Crippen LogP contribution in [0.2, 0.25) is 0 Å². The summed E-state index contributed by atoms with van der Waals surface area (Å²) in [5.74, 6) is -0.181. The Kier molecular flexibility index (Phi) is 6.27. The Hall–Kier alpha value is -2.81. The van der Waals surface area contributed by atoms with Gasteiger partial charge in [0, 0.05) is 19.2 Å². The lowest BCUT2D eigenvalue weighted by atomic mass is 10.1. The lowest BCUT2D eigenvalue weighted by Gasteiger charge is -2.08. The second-order valence-corrected chi connectivity index (χ2v) is 7.25. The first-order valence-electron chi connectivity index (χ1n) is 7.77. The Morgan fingerprint density at radius 3 is 2.37 bits per heavy atom. The SMILES string of the molecule is CC(=O)NCc1ccc(NS(=O)(=O)/C=C/c2cccc(C(F)(F)F)c2)cc1. The van der Waals surface area contributed by atoms with Crippen LogP contribution in [0.25, 0.3) is 6.08 Å². The van der Waals surface area contributed by atoms with E-state index in [1.54, 1.807) is 12.1 Å². The molecule has 2 aromatic carbocycles. The minimum absolute atomic E-state index is 0.112. The van der Waals surface area contributed by atoms with E-state index in [9.17, 15) is 26.4 Å². The summed E-state index contributed by atoms with van der Waals surface area (Å²) >= 11 is 0. The number of halogens is 3. The molecule has 0 bridgehead atoms. The van der Waals surface area contributed by atoms with Crippen molar-refractivity contribution in [3.05, 3.63) is 70.6 Å². The van der Waals surface area contributed by atoms with Crippen LogP contribution < -0.4 is 10.0 Å². The Morgan fingerprint density at radius 1 is 1.11 bits per heavy atom. The van der Waals surface area contributed by atoms with Crippen LogP contribution >= 0.6 is 0 Å². The molecule has 0 unspecified atom stereocenters. The van der Waals surface area contributed by atoms with Gasteiger partial charge in [-0.1, -0.05) is 24.3 Å². The Labute approximate surface area is 155 Å². The molecule has 0 aromatic heterocycles.